The summed E-state index contributed by atoms with van der Waals surface area (Å²) in [6.45, 7) is 4.77. The Hall–Kier alpha value is -2.27. The van der Waals surface area contributed by atoms with E-state index in [1.165, 1.54) is 11.1 Å². The lowest BCUT2D eigenvalue weighted by Gasteiger charge is -2.14. The maximum atomic E-state index is 5.37. The number of hydrogen-bond acceptors (Lipinski definition) is 3. The molecule has 0 aliphatic rings. The van der Waals surface area contributed by atoms with Gasteiger partial charge >= 0.3 is 0 Å². The minimum absolute atomic E-state index is 0.591. The number of aryl methyl sites for hydroxylation is 1. The van der Waals surface area contributed by atoms with Crippen molar-refractivity contribution in [2.75, 3.05) is 19.5 Å². The van der Waals surface area contributed by atoms with E-state index in [4.69, 9.17) is 21.7 Å². The van der Waals surface area contributed by atoms with Gasteiger partial charge in [0.2, 0.25) is 0 Å². The predicted octanol–water partition coefficient (Wildman–Crippen LogP) is 3.81. The number of hydrogen-bond donors (Lipinski definition) is 2. The largest absolute Gasteiger partial charge is 0.493 e. The molecule has 0 radical (unpaired) electrons. The van der Waals surface area contributed by atoms with Gasteiger partial charge in [0.05, 0.1) is 14.2 Å². The van der Waals surface area contributed by atoms with Crippen LogP contribution in [0.2, 0.25) is 0 Å². The van der Waals surface area contributed by atoms with Crippen molar-refractivity contribution in [2.24, 2.45) is 0 Å². The van der Waals surface area contributed by atoms with Crippen LogP contribution >= 0.6 is 12.2 Å². The van der Waals surface area contributed by atoms with Crippen molar-refractivity contribution < 1.29 is 9.47 Å². The first kappa shape index (κ1) is 17.1. The Morgan fingerprint density at radius 1 is 1.04 bits per heavy atom. The van der Waals surface area contributed by atoms with E-state index in [0.717, 1.165) is 11.3 Å². The van der Waals surface area contributed by atoms with Gasteiger partial charge in [-0.3, -0.25) is 0 Å². The van der Waals surface area contributed by atoms with Crippen LogP contribution in [0.4, 0.5) is 5.69 Å². The monoisotopic (exact) mass is 330 g/mol. The zero-order valence-corrected chi connectivity index (χ0v) is 14.7. The fourth-order valence-corrected chi connectivity index (χ4v) is 2.41. The molecule has 0 amide bonds. The summed E-state index contributed by atoms with van der Waals surface area (Å²) in [6.07, 6.45) is 0. The molecule has 0 aliphatic carbocycles. The van der Waals surface area contributed by atoms with Crippen LogP contribution in [0.25, 0.3) is 0 Å². The molecule has 0 saturated heterocycles. The normalized spacial score (nSPS) is 10.1. The summed E-state index contributed by atoms with van der Waals surface area (Å²) in [5.41, 5.74) is 4.52. The first-order valence-electron chi connectivity index (χ1n) is 7.37. The smallest absolute Gasteiger partial charge is 0.171 e. The molecule has 0 aliphatic heterocycles. The van der Waals surface area contributed by atoms with Crippen LogP contribution in [0, 0.1) is 13.8 Å². The lowest BCUT2D eigenvalue weighted by atomic mass is 10.1. The molecule has 122 valence electrons. The molecule has 2 N–H and O–H groups in total. The Labute approximate surface area is 142 Å². The second-order valence-electron chi connectivity index (χ2n) is 5.24. The zero-order chi connectivity index (χ0) is 16.8. The van der Waals surface area contributed by atoms with E-state index < -0.39 is 0 Å². The van der Waals surface area contributed by atoms with E-state index in [-0.39, 0.29) is 0 Å². The highest BCUT2D eigenvalue weighted by Gasteiger charge is 2.06. The van der Waals surface area contributed by atoms with Gasteiger partial charge in [0.15, 0.2) is 16.6 Å². The summed E-state index contributed by atoms with van der Waals surface area (Å²) < 4.78 is 10.5. The standard InChI is InChI=1S/C18H22N2O2S/c1-12-6-5-7-15(13(12)2)20-18(23)19-11-14-8-9-16(21-3)17(10-14)22-4/h5-10H,11H2,1-4H3,(H2,19,20,23). The van der Waals surface area contributed by atoms with Gasteiger partial charge in [-0.2, -0.15) is 0 Å². The second kappa shape index (κ2) is 7.83. The molecule has 2 rings (SSSR count). The number of anilines is 1. The number of ether oxygens (including phenoxy) is 2. The van der Waals surface area contributed by atoms with Crippen LogP contribution in [-0.2, 0) is 6.54 Å². The van der Waals surface area contributed by atoms with Crippen LogP contribution in [0.5, 0.6) is 11.5 Å². The fraction of sp³-hybridized carbons (Fsp3) is 0.278. The Kier molecular flexibility index (Phi) is 5.82. The molecule has 0 bridgehead atoms. The first-order valence-corrected chi connectivity index (χ1v) is 7.78. The number of methoxy groups -OCH3 is 2. The highest BCUT2D eigenvalue weighted by molar-refractivity contribution is 7.80. The van der Waals surface area contributed by atoms with E-state index in [9.17, 15) is 0 Å². The van der Waals surface area contributed by atoms with Crippen molar-refractivity contribution in [1.82, 2.24) is 5.32 Å². The summed E-state index contributed by atoms with van der Waals surface area (Å²) in [4.78, 5) is 0. The Balaban J connectivity index is 1.98. The summed E-state index contributed by atoms with van der Waals surface area (Å²) in [7, 11) is 3.25. The van der Waals surface area contributed by atoms with Crippen molar-refractivity contribution in [2.45, 2.75) is 20.4 Å². The predicted molar refractivity (Wildman–Crippen MR) is 98.5 cm³/mol. The molecule has 0 spiro atoms. The van der Waals surface area contributed by atoms with Crippen molar-refractivity contribution >= 4 is 23.0 Å². The van der Waals surface area contributed by atoms with Crippen molar-refractivity contribution in [3.63, 3.8) is 0 Å². The van der Waals surface area contributed by atoms with Crippen molar-refractivity contribution in [3.8, 4) is 11.5 Å². The van der Waals surface area contributed by atoms with E-state index in [0.29, 0.717) is 23.2 Å². The van der Waals surface area contributed by atoms with Crippen LogP contribution in [0.3, 0.4) is 0 Å². The van der Waals surface area contributed by atoms with E-state index >= 15 is 0 Å². The maximum Gasteiger partial charge on any atom is 0.171 e. The van der Waals surface area contributed by atoms with Gasteiger partial charge in [-0.15, -0.1) is 0 Å². The van der Waals surface area contributed by atoms with E-state index in [2.05, 4.69) is 30.5 Å². The van der Waals surface area contributed by atoms with Crippen molar-refractivity contribution in [3.05, 3.63) is 53.1 Å². The topological polar surface area (TPSA) is 42.5 Å². The summed E-state index contributed by atoms with van der Waals surface area (Å²) in [5.74, 6) is 1.42. The molecule has 0 saturated carbocycles. The quantitative estimate of drug-likeness (QED) is 0.816. The third-order valence-electron chi connectivity index (χ3n) is 3.75. The number of rotatable bonds is 5. The molecule has 4 nitrogen and oxygen atoms in total. The zero-order valence-electron chi connectivity index (χ0n) is 13.9. The van der Waals surface area contributed by atoms with Crippen LogP contribution in [0.15, 0.2) is 36.4 Å². The highest BCUT2D eigenvalue weighted by Crippen LogP contribution is 2.27. The van der Waals surface area contributed by atoms with Gasteiger partial charge in [0, 0.05) is 12.2 Å². The molecule has 5 heteroatoms. The van der Waals surface area contributed by atoms with Gasteiger partial charge in [0.25, 0.3) is 0 Å². The molecule has 0 unspecified atom stereocenters. The van der Waals surface area contributed by atoms with Crippen LogP contribution in [0.1, 0.15) is 16.7 Å². The Morgan fingerprint density at radius 2 is 1.78 bits per heavy atom. The van der Waals surface area contributed by atoms with Gasteiger partial charge in [-0.1, -0.05) is 18.2 Å². The third-order valence-corrected chi connectivity index (χ3v) is 4.00. The third kappa shape index (κ3) is 4.36. The van der Waals surface area contributed by atoms with Gasteiger partial charge in [-0.05, 0) is 61.0 Å². The first-order chi connectivity index (χ1) is 11.0. The second-order valence-corrected chi connectivity index (χ2v) is 5.65. The number of nitrogens with one attached hydrogen (secondary N) is 2. The minimum Gasteiger partial charge on any atom is -0.493 e. The molecule has 23 heavy (non-hydrogen) atoms. The Morgan fingerprint density at radius 3 is 2.48 bits per heavy atom. The lowest BCUT2D eigenvalue weighted by Crippen LogP contribution is -2.28. The van der Waals surface area contributed by atoms with Gasteiger partial charge in [0.1, 0.15) is 0 Å². The summed E-state index contributed by atoms with van der Waals surface area (Å²) in [6, 6.07) is 11.9. The minimum atomic E-state index is 0.591. The molecule has 0 atom stereocenters. The van der Waals surface area contributed by atoms with Gasteiger partial charge < -0.3 is 20.1 Å². The van der Waals surface area contributed by atoms with Crippen LogP contribution < -0.4 is 20.1 Å². The molecular formula is C18H22N2O2S. The summed E-state index contributed by atoms with van der Waals surface area (Å²) >= 11 is 5.37. The van der Waals surface area contributed by atoms with Crippen LogP contribution in [-0.4, -0.2) is 19.3 Å². The van der Waals surface area contributed by atoms with E-state index in [1.807, 2.05) is 30.3 Å². The molecule has 0 heterocycles. The molecule has 2 aromatic carbocycles. The maximum absolute atomic E-state index is 5.37. The molecule has 2 aromatic rings. The van der Waals surface area contributed by atoms with Crippen molar-refractivity contribution in [1.29, 1.82) is 0 Å². The fourth-order valence-electron chi connectivity index (χ4n) is 2.23. The molecular weight excluding hydrogens is 308 g/mol. The average Bonchev–Trinajstić information content (AvgIpc) is 2.56. The Bertz CT molecular complexity index is 701. The molecule has 0 fully saturated rings. The SMILES string of the molecule is COc1ccc(CNC(=S)Nc2cccc(C)c2C)cc1OC. The number of benzene rings is 2. The number of thiocarbonyl (C=S) groups is 1. The highest BCUT2D eigenvalue weighted by atomic mass is 32.1. The summed E-state index contributed by atoms with van der Waals surface area (Å²) in [5, 5.41) is 7.03. The van der Waals surface area contributed by atoms with Gasteiger partial charge in [-0.25, -0.2) is 0 Å². The lowest BCUT2D eigenvalue weighted by molar-refractivity contribution is 0.354. The van der Waals surface area contributed by atoms with E-state index in [1.54, 1.807) is 14.2 Å². The average molecular weight is 330 g/mol. The molecule has 0 aromatic heterocycles.